The largest absolute Gasteiger partial charge is 0.381 e. The number of nitrogens with one attached hydrogen (secondary N) is 2. The molecule has 0 bridgehead atoms. The molecule has 28 heavy (non-hydrogen) atoms. The van der Waals surface area contributed by atoms with Crippen LogP contribution < -0.4 is 10.6 Å². The fourth-order valence-electron chi connectivity index (χ4n) is 4.38. The maximum atomic E-state index is 6.27. The molecule has 2 saturated heterocycles. The second-order valence-corrected chi connectivity index (χ2v) is 8.07. The van der Waals surface area contributed by atoms with E-state index in [1.165, 1.54) is 24.9 Å². The Kier molecular flexibility index (Phi) is 9.80. The van der Waals surface area contributed by atoms with E-state index < -0.39 is 0 Å². The number of ether oxygens (including phenoxy) is 1. The Balaban J connectivity index is 0.00000280. The van der Waals surface area contributed by atoms with Crippen molar-refractivity contribution in [3.8, 4) is 0 Å². The van der Waals surface area contributed by atoms with Gasteiger partial charge < -0.3 is 15.4 Å². The average molecular weight is 521 g/mol. The molecular weight excluding hydrogens is 487 g/mol. The van der Waals surface area contributed by atoms with Crippen molar-refractivity contribution in [3.63, 3.8) is 0 Å². The first-order valence-corrected chi connectivity index (χ1v) is 10.6. The highest BCUT2D eigenvalue weighted by Crippen LogP contribution is 2.35. The lowest BCUT2D eigenvalue weighted by atomic mass is 9.74. The molecule has 2 fully saturated rings. The van der Waals surface area contributed by atoms with Gasteiger partial charge in [0, 0.05) is 49.8 Å². The molecule has 2 N–H and O–H groups in total. The van der Waals surface area contributed by atoms with Crippen LogP contribution in [0, 0.1) is 0 Å². The summed E-state index contributed by atoms with van der Waals surface area (Å²) in [6, 6.07) is 8.88. The summed E-state index contributed by atoms with van der Waals surface area (Å²) in [6.45, 7) is 7.93. The van der Waals surface area contributed by atoms with E-state index in [0.717, 1.165) is 56.7 Å². The first kappa shape index (κ1) is 23.7. The van der Waals surface area contributed by atoms with Gasteiger partial charge in [0.1, 0.15) is 0 Å². The van der Waals surface area contributed by atoms with E-state index in [0.29, 0.717) is 6.04 Å². The number of benzene rings is 1. The Bertz CT molecular complexity index is 637. The van der Waals surface area contributed by atoms with Crippen LogP contribution in [0.2, 0.25) is 5.02 Å². The van der Waals surface area contributed by atoms with E-state index in [4.69, 9.17) is 16.3 Å². The number of halogens is 2. The quantitative estimate of drug-likeness (QED) is 0.342. The Morgan fingerprint density at radius 2 is 2.11 bits per heavy atom. The molecule has 7 heteroatoms. The van der Waals surface area contributed by atoms with Gasteiger partial charge in [-0.3, -0.25) is 9.89 Å². The summed E-state index contributed by atoms with van der Waals surface area (Å²) in [7, 11) is 1.84. The average Bonchev–Trinajstić information content (AvgIpc) is 3.16. The monoisotopic (exact) mass is 520 g/mol. The summed E-state index contributed by atoms with van der Waals surface area (Å²) in [5.41, 5.74) is 1.32. The molecule has 2 aliphatic rings. The van der Waals surface area contributed by atoms with Gasteiger partial charge in [0.05, 0.1) is 0 Å². The molecule has 0 spiro atoms. The van der Waals surface area contributed by atoms with Gasteiger partial charge in [-0.05, 0) is 56.5 Å². The second-order valence-electron chi connectivity index (χ2n) is 7.63. The summed E-state index contributed by atoms with van der Waals surface area (Å²) < 4.78 is 5.64. The van der Waals surface area contributed by atoms with Crippen LogP contribution in [0.15, 0.2) is 29.3 Å². The summed E-state index contributed by atoms with van der Waals surface area (Å²) >= 11 is 6.27. The topological polar surface area (TPSA) is 48.9 Å². The van der Waals surface area contributed by atoms with Gasteiger partial charge in [-0.25, -0.2) is 0 Å². The number of hydrogen-bond acceptors (Lipinski definition) is 3. The number of hydrogen-bond donors (Lipinski definition) is 2. The number of guanidine groups is 1. The maximum absolute atomic E-state index is 6.27. The third kappa shape index (κ3) is 5.97. The van der Waals surface area contributed by atoms with E-state index in [2.05, 4.69) is 39.6 Å². The van der Waals surface area contributed by atoms with Crippen molar-refractivity contribution < 1.29 is 4.74 Å². The second kappa shape index (κ2) is 11.6. The zero-order valence-electron chi connectivity index (χ0n) is 17.0. The van der Waals surface area contributed by atoms with Crippen molar-refractivity contribution in [3.05, 3.63) is 34.9 Å². The minimum Gasteiger partial charge on any atom is -0.381 e. The van der Waals surface area contributed by atoms with Crippen molar-refractivity contribution in [2.45, 2.75) is 44.1 Å². The van der Waals surface area contributed by atoms with Gasteiger partial charge in [-0.2, -0.15) is 0 Å². The van der Waals surface area contributed by atoms with Crippen molar-refractivity contribution >= 4 is 41.5 Å². The molecule has 2 aliphatic heterocycles. The van der Waals surface area contributed by atoms with E-state index >= 15 is 0 Å². The molecule has 0 amide bonds. The van der Waals surface area contributed by atoms with Crippen molar-refractivity contribution in [2.75, 3.05) is 46.4 Å². The van der Waals surface area contributed by atoms with E-state index in [1.807, 2.05) is 19.2 Å². The smallest absolute Gasteiger partial charge is 0.191 e. The van der Waals surface area contributed by atoms with E-state index in [9.17, 15) is 0 Å². The maximum Gasteiger partial charge on any atom is 0.191 e. The summed E-state index contributed by atoms with van der Waals surface area (Å²) in [6.07, 6.45) is 4.54. The lowest BCUT2D eigenvalue weighted by Gasteiger charge is -2.38. The molecule has 3 rings (SSSR count). The molecule has 0 radical (unpaired) electrons. The number of likely N-dealkylation sites (tertiary alicyclic amines) is 1. The molecule has 1 unspecified atom stereocenters. The first-order valence-electron chi connectivity index (χ1n) is 10.2. The molecule has 5 nitrogen and oxygen atoms in total. The third-order valence-corrected chi connectivity index (χ3v) is 6.35. The van der Waals surface area contributed by atoms with Crippen LogP contribution >= 0.6 is 35.6 Å². The van der Waals surface area contributed by atoms with E-state index in [1.54, 1.807) is 0 Å². The zero-order chi connectivity index (χ0) is 19.1. The van der Waals surface area contributed by atoms with Crippen LogP contribution in [0.3, 0.4) is 0 Å². The standard InChI is InChI=1S/C21H33ClN4O.HI/c1-3-26-11-5-8-19(26)15-24-20(23-2)25-16-21(9-12-27-13-10-21)17-6-4-7-18(22)14-17;/h4,6-7,14,19H,3,5,8-13,15-16H2,1-2H3,(H2,23,24,25);1H. The number of nitrogens with zero attached hydrogens (tertiary/aromatic N) is 2. The molecule has 0 aliphatic carbocycles. The SMILES string of the molecule is CCN1CCCC1CNC(=NC)NCC1(c2cccc(Cl)c2)CCOCC1.I. The number of likely N-dealkylation sites (N-methyl/N-ethyl adjacent to an activating group) is 1. The van der Waals surface area contributed by atoms with Crippen LogP contribution in [0.1, 0.15) is 38.2 Å². The van der Waals surface area contributed by atoms with Crippen LogP contribution in [0.25, 0.3) is 0 Å². The molecule has 1 atom stereocenters. The lowest BCUT2D eigenvalue weighted by molar-refractivity contribution is 0.0514. The van der Waals surface area contributed by atoms with Crippen LogP contribution in [-0.4, -0.2) is 63.3 Å². The summed E-state index contributed by atoms with van der Waals surface area (Å²) in [5, 5.41) is 7.90. The molecule has 1 aromatic rings. The fraction of sp³-hybridized carbons (Fsp3) is 0.667. The van der Waals surface area contributed by atoms with Gasteiger partial charge in [0.15, 0.2) is 5.96 Å². The van der Waals surface area contributed by atoms with Gasteiger partial charge in [0.2, 0.25) is 0 Å². The Hall–Kier alpha value is -0.570. The highest BCUT2D eigenvalue weighted by molar-refractivity contribution is 14.0. The molecule has 158 valence electrons. The molecule has 0 saturated carbocycles. The van der Waals surface area contributed by atoms with Crippen molar-refractivity contribution in [1.82, 2.24) is 15.5 Å². The molecule has 0 aromatic heterocycles. The minimum absolute atomic E-state index is 0. The van der Waals surface area contributed by atoms with Crippen LogP contribution in [0.5, 0.6) is 0 Å². The van der Waals surface area contributed by atoms with Crippen molar-refractivity contribution in [1.29, 1.82) is 0 Å². The van der Waals surface area contributed by atoms with Crippen LogP contribution in [-0.2, 0) is 10.2 Å². The van der Waals surface area contributed by atoms with Crippen molar-refractivity contribution in [2.24, 2.45) is 4.99 Å². The fourth-order valence-corrected chi connectivity index (χ4v) is 4.57. The normalized spacial score (nSPS) is 22.5. The Labute approximate surface area is 191 Å². The van der Waals surface area contributed by atoms with Gasteiger partial charge in [-0.1, -0.05) is 30.7 Å². The molecular formula is C21H34ClIN4O. The highest BCUT2D eigenvalue weighted by Gasteiger charge is 2.35. The summed E-state index contributed by atoms with van der Waals surface area (Å²) in [5.74, 6) is 0.880. The third-order valence-electron chi connectivity index (χ3n) is 6.12. The number of rotatable bonds is 6. The highest BCUT2D eigenvalue weighted by atomic mass is 127. The number of aliphatic imine (C=N–C) groups is 1. The molecule has 2 heterocycles. The lowest BCUT2D eigenvalue weighted by Crippen LogP contribution is -2.50. The predicted molar refractivity (Wildman–Crippen MR) is 128 cm³/mol. The minimum atomic E-state index is 0. The Morgan fingerprint density at radius 1 is 1.32 bits per heavy atom. The first-order chi connectivity index (χ1) is 13.2. The van der Waals surface area contributed by atoms with Gasteiger partial charge in [0.25, 0.3) is 0 Å². The Morgan fingerprint density at radius 3 is 2.79 bits per heavy atom. The van der Waals surface area contributed by atoms with Gasteiger partial charge in [-0.15, -0.1) is 24.0 Å². The van der Waals surface area contributed by atoms with Gasteiger partial charge >= 0.3 is 0 Å². The van der Waals surface area contributed by atoms with E-state index in [-0.39, 0.29) is 29.4 Å². The van der Waals surface area contributed by atoms with Crippen LogP contribution in [0.4, 0.5) is 0 Å². The predicted octanol–water partition coefficient (Wildman–Crippen LogP) is 3.66. The molecule has 1 aromatic carbocycles. The summed E-state index contributed by atoms with van der Waals surface area (Å²) in [4.78, 5) is 6.99. The zero-order valence-corrected chi connectivity index (χ0v) is 20.1.